The van der Waals surface area contributed by atoms with Crippen molar-refractivity contribution in [1.29, 1.82) is 0 Å². The second kappa shape index (κ2) is 5.30. The summed E-state index contributed by atoms with van der Waals surface area (Å²) in [6.07, 6.45) is 8.45. The van der Waals surface area contributed by atoms with Gasteiger partial charge in [-0.25, -0.2) is 0 Å². The number of ether oxygens (including phenoxy) is 1. The van der Waals surface area contributed by atoms with Gasteiger partial charge in [-0.1, -0.05) is 6.42 Å². The predicted octanol–water partition coefficient (Wildman–Crippen LogP) is 2.81. The van der Waals surface area contributed by atoms with Crippen molar-refractivity contribution in [2.24, 2.45) is 5.73 Å². The third-order valence-electron chi connectivity index (χ3n) is 3.08. The van der Waals surface area contributed by atoms with Gasteiger partial charge < -0.3 is 10.5 Å². The molecule has 0 bridgehead atoms. The molecule has 1 aromatic rings. The molecule has 0 radical (unpaired) electrons. The van der Waals surface area contributed by atoms with Gasteiger partial charge in [0, 0.05) is 6.04 Å². The SMILES string of the molecule is C[C@H](N)c1ccc(OC2CCCCC2)cn1. The lowest BCUT2D eigenvalue weighted by Crippen LogP contribution is -2.19. The van der Waals surface area contributed by atoms with Gasteiger partial charge in [0.05, 0.1) is 18.0 Å². The Bertz CT molecular complexity index is 315. The van der Waals surface area contributed by atoms with Gasteiger partial charge in [0.25, 0.3) is 0 Å². The fraction of sp³-hybridized carbons (Fsp3) is 0.615. The van der Waals surface area contributed by atoms with Crippen molar-refractivity contribution in [3.05, 3.63) is 24.0 Å². The zero-order valence-corrected chi connectivity index (χ0v) is 9.86. The van der Waals surface area contributed by atoms with E-state index in [1.54, 1.807) is 6.20 Å². The summed E-state index contributed by atoms with van der Waals surface area (Å²) in [5.74, 6) is 0.872. The summed E-state index contributed by atoms with van der Waals surface area (Å²) in [5.41, 5.74) is 6.66. The summed E-state index contributed by atoms with van der Waals surface area (Å²) in [5, 5.41) is 0. The second-order valence-corrected chi connectivity index (χ2v) is 4.59. The van der Waals surface area contributed by atoms with Crippen LogP contribution < -0.4 is 10.5 Å². The average molecular weight is 220 g/mol. The van der Waals surface area contributed by atoms with Crippen molar-refractivity contribution in [3.63, 3.8) is 0 Å². The fourth-order valence-electron chi connectivity index (χ4n) is 2.11. The van der Waals surface area contributed by atoms with Crippen molar-refractivity contribution in [1.82, 2.24) is 4.98 Å². The lowest BCUT2D eigenvalue weighted by Gasteiger charge is -2.22. The van der Waals surface area contributed by atoms with Crippen molar-refractivity contribution < 1.29 is 4.74 Å². The third kappa shape index (κ3) is 2.95. The van der Waals surface area contributed by atoms with Crippen LogP contribution in [0.2, 0.25) is 0 Å². The topological polar surface area (TPSA) is 48.1 Å². The third-order valence-corrected chi connectivity index (χ3v) is 3.08. The molecule has 0 aliphatic heterocycles. The molecule has 3 heteroatoms. The first kappa shape index (κ1) is 11.4. The number of hydrogen-bond donors (Lipinski definition) is 1. The zero-order valence-electron chi connectivity index (χ0n) is 9.86. The quantitative estimate of drug-likeness (QED) is 0.852. The summed E-state index contributed by atoms with van der Waals surface area (Å²) in [6, 6.07) is 3.91. The number of rotatable bonds is 3. The maximum absolute atomic E-state index is 5.89. The highest BCUT2D eigenvalue weighted by Crippen LogP contribution is 2.23. The first-order valence-corrected chi connectivity index (χ1v) is 6.14. The molecule has 0 saturated heterocycles. The minimum absolute atomic E-state index is 0.0104. The van der Waals surface area contributed by atoms with Gasteiger partial charge in [-0.3, -0.25) is 4.98 Å². The van der Waals surface area contributed by atoms with Gasteiger partial charge in [0.15, 0.2) is 0 Å². The number of pyridine rings is 1. The Morgan fingerprint density at radius 1 is 1.31 bits per heavy atom. The molecule has 1 fully saturated rings. The Labute approximate surface area is 97.0 Å². The van der Waals surface area contributed by atoms with Gasteiger partial charge in [-0.15, -0.1) is 0 Å². The molecule has 2 N–H and O–H groups in total. The van der Waals surface area contributed by atoms with Crippen molar-refractivity contribution in [2.75, 3.05) is 0 Å². The number of hydrogen-bond acceptors (Lipinski definition) is 3. The van der Waals surface area contributed by atoms with Crippen LogP contribution in [0.4, 0.5) is 0 Å². The van der Waals surface area contributed by atoms with E-state index >= 15 is 0 Å². The lowest BCUT2D eigenvalue weighted by atomic mass is 9.98. The van der Waals surface area contributed by atoms with E-state index in [4.69, 9.17) is 10.5 Å². The first-order chi connectivity index (χ1) is 7.75. The molecule has 1 aromatic heterocycles. The van der Waals surface area contributed by atoms with Crippen LogP contribution in [-0.2, 0) is 0 Å². The summed E-state index contributed by atoms with van der Waals surface area (Å²) in [4.78, 5) is 4.29. The van der Waals surface area contributed by atoms with Crippen molar-refractivity contribution >= 4 is 0 Å². The van der Waals surface area contributed by atoms with Gasteiger partial charge in [-0.05, 0) is 44.7 Å². The Morgan fingerprint density at radius 2 is 2.06 bits per heavy atom. The Balaban J connectivity index is 1.93. The number of aromatic nitrogens is 1. The van der Waals surface area contributed by atoms with Crippen LogP contribution in [0.25, 0.3) is 0 Å². The van der Waals surface area contributed by atoms with E-state index in [0.717, 1.165) is 11.4 Å². The lowest BCUT2D eigenvalue weighted by molar-refractivity contribution is 0.154. The smallest absolute Gasteiger partial charge is 0.138 e. The fourth-order valence-corrected chi connectivity index (χ4v) is 2.11. The standard InChI is InChI=1S/C13H20N2O/c1-10(14)13-8-7-12(9-15-13)16-11-5-3-2-4-6-11/h7-11H,2-6,14H2,1H3/t10-/m0/s1. The van der Waals surface area contributed by atoms with Crippen LogP contribution in [-0.4, -0.2) is 11.1 Å². The van der Waals surface area contributed by atoms with E-state index in [1.807, 2.05) is 19.1 Å². The molecule has 1 aliphatic rings. The molecule has 1 saturated carbocycles. The highest BCUT2D eigenvalue weighted by molar-refractivity contribution is 5.21. The van der Waals surface area contributed by atoms with Crippen LogP contribution in [0, 0.1) is 0 Å². The molecule has 16 heavy (non-hydrogen) atoms. The molecule has 0 aromatic carbocycles. The Kier molecular flexibility index (Phi) is 3.78. The molecule has 1 aliphatic carbocycles. The average Bonchev–Trinajstić information content (AvgIpc) is 2.31. The minimum atomic E-state index is -0.0104. The maximum Gasteiger partial charge on any atom is 0.138 e. The van der Waals surface area contributed by atoms with Crippen LogP contribution >= 0.6 is 0 Å². The second-order valence-electron chi connectivity index (χ2n) is 4.59. The minimum Gasteiger partial charge on any atom is -0.489 e. The highest BCUT2D eigenvalue weighted by atomic mass is 16.5. The van der Waals surface area contributed by atoms with Crippen molar-refractivity contribution in [2.45, 2.75) is 51.2 Å². The normalized spacial score (nSPS) is 19.4. The number of nitrogens with zero attached hydrogens (tertiary/aromatic N) is 1. The largest absolute Gasteiger partial charge is 0.489 e. The van der Waals surface area contributed by atoms with E-state index in [1.165, 1.54) is 32.1 Å². The summed E-state index contributed by atoms with van der Waals surface area (Å²) in [6.45, 7) is 1.93. The molecule has 1 heterocycles. The summed E-state index contributed by atoms with van der Waals surface area (Å²) < 4.78 is 5.89. The van der Waals surface area contributed by atoms with Gasteiger partial charge in [0.2, 0.25) is 0 Å². The molecule has 0 spiro atoms. The van der Waals surface area contributed by atoms with E-state index < -0.39 is 0 Å². The van der Waals surface area contributed by atoms with E-state index in [2.05, 4.69) is 4.98 Å². The van der Waals surface area contributed by atoms with Crippen LogP contribution in [0.5, 0.6) is 5.75 Å². The van der Waals surface area contributed by atoms with Crippen LogP contribution in [0.3, 0.4) is 0 Å². The molecule has 2 rings (SSSR count). The van der Waals surface area contributed by atoms with Gasteiger partial charge >= 0.3 is 0 Å². The monoisotopic (exact) mass is 220 g/mol. The Hall–Kier alpha value is -1.09. The van der Waals surface area contributed by atoms with E-state index in [-0.39, 0.29) is 6.04 Å². The highest BCUT2D eigenvalue weighted by Gasteiger charge is 2.14. The molecular weight excluding hydrogens is 200 g/mol. The molecule has 88 valence electrons. The Morgan fingerprint density at radius 3 is 2.62 bits per heavy atom. The zero-order chi connectivity index (χ0) is 11.4. The van der Waals surface area contributed by atoms with E-state index in [9.17, 15) is 0 Å². The molecule has 3 nitrogen and oxygen atoms in total. The van der Waals surface area contributed by atoms with Gasteiger partial charge in [0.1, 0.15) is 5.75 Å². The van der Waals surface area contributed by atoms with E-state index in [0.29, 0.717) is 6.10 Å². The van der Waals surface area contributed by atoms with Crippen molar-refractivity contribution in [3.8, 4) is 5.75 Å². The van der Waals surface area contributed by atoms with Crippen LogP contribution in [0.1, 0.15) is 50.8 Å². The first-order valence-electron chi connectivity index (χ1n) is 6.14. The molecule has 0 amide bonds. The maximum atomic E-state index is 5.89. The predicted molar refractivity (Wildman–Crippen MR) is 64.3 cm³/mol. The molecule has 0 unspecified atom stereocenters. The number of nitrogens with two attached hydrogens (primary N) is 1. The van der Waals surface area contributed by atoms with Gasteiger partial charge in [-0.2, -0.15) is 0 Å². The van der Waals surface area contributed by atoms with Crippen LogP contribution in [0.15, 0.2) is 18.3 Å². The molecule has 1 atom stereocenters. The summed E-state index contributed by atoms with van der Waals surface area (Å²) >= 11 is 0. The summed E-state index contributed by atoms with van der Waals surface area (Å²) in [7, 11) is 0. The molecular formula is C13H20N2O.